The Morgan fingerprint density at radius 2 is 1.95 bits per heavy atom. The lowest BCUT2D eigenvalue weighted by molar-refractivity contribution is 0.628. The Morgan fingerprint density at radius 3 is 2.75 bits per heavy atom. The highest BCUT2D eigenvalue weighted by Crippen LogP contribution is 2.29. The van der Waals surface area contributed by atoms with E-state index in [1.807, 2.05) is 6.07 Å². The second-order valence-electron chi connectivity index (χ2n) is 4.13. The molecule has 0 aliphatic carbocycles. The summed E-state index contributed by atoms with van der Waals surface area (Å²) in [4.78, 5) is 8.59. The van der Waals surface area contributed by atoms with Crippen LogP contribution in [0.2, 0.25) is 5.02 Å². The summed E-state index contributed by atoms with van der Waals surface area (Å²) in [6, 6.07) is 7.87. The van der Waals surface area contributed by atoms with Crippen LogP contribution in [0, 0.1) is 5.82 Å². The Hall–Kier alpha value is -1.72. The Kier molecular flexibility index (Phi) is 3.54. The first-order chi connectivity index (χ1) is 9.63. The minimum absolute atomic E-state index is 0.312. The van der Waals surface area contributed by atoms with Gasteiger partial charge in [-0.3, -0.25) is 9.97 Å². The summed E-state index contributed by atoms with van der Waals surface area (Å²) in [7, 11) is 0. The van der Waals surface area contributed by atoms with Crippen molar-refractivity contribution in [2.45, 2.75) is 0 Å². The summed E-state index contributed by atoms with van der Waals surface area (Å²) in [5, 5.41) is 3.46. The highest BCUT2D eigenvalue weighted by molar-refractivity contribution is 9.10. The number of nitrogens with zero attached hydrogens (tertiary/aromatic N) is 2. The van der Waals surface area contributed by atoms with Crippen molar-refractivity contribution in [2.75, 3.05) is 5.32 Å². The molecule has 0 saturated heterocycles. The molecule has 20 heavy (non-hydrogen) atoms. The molecular formula is C14H8BrClFN3. The van der Waals surface area contributed by atoms with E-state index in [-0.39, 0.29) is 5.82 Å². The summed E-state index contributed by atoms with van der Waals surface area (Å²) in [5.74, 6) is -0.373. The van der Waals surface area contributed by atoms with Gasteiger partial charge in [0, 0.05) is 16.9 Å². The number of halogens is 3. The molecule has 3 aromatic rings. The fourth-order valence-corrected chi connectivity index (χ4v) is 2.38. The molecule has 2 aromatic heterocycles. The quantitative estimate of drug-likeness (QED) is 0.711. The average molecular weight is 353 g/mol. The number of hydrogen-bond donors (Lipinski definition) is 1. The number of hydrogen-bond acceptors (Lipinski definition) is 3. The number of fused-ring (bicyclic) bond motifs is 1. The average Bonchev–Trinajstić information content (AvgIpc) is 2.41. The number of anilines is 2. The first-order valence-electron chi connectivity index (χ1n) is 5.76. The van der Waals surface area contributed by atoms with Crippen LogP contribution in [0.25, 0.3) is 11.0 Å². The fourth-order valence-electron chi connectivity index (χ4n) is 1.84. The zero-order chi connectivity index (χ0) is 14.1. The molecule has 0 fully saturated rings. The molecule has 1 aromatic carbocycles. The van der Waals surface area contributed by atoms with Gasteiger partial charge in [0.1, 0.15) is 11.3 Å². The van der Waals surface area contributed by atoms with Gasteiger partial charge in [0.05, 0.1) is 21.9 Å². The van der Waals surface area contributed by atoms with E-state index in [4.69, 9.17) is 11.6 Å². The van der Waals surface area contributed by atoms with E-state index in [2.05, 4.69) is 31.2 Å². The van der Waals surface area contributed by atoms with E-state index in [1.54, 1.807) is 24.5 Å². The molecule has 0 aliphatic rings. The van der Waals surface area contributed by atoms with Crippen LogP contribution >= 0.6 is 27.5 Å². The minimum Gasteiger partial charge on any atom is -0.352 e. The van der Waals surface area contributed by atoms with Gasteiger partial charge in [0.25, 0.3) is 0 Å². The van der Waals surface area contributed by atoms with Gasteiger partial charge < -0.3 is 5.32 Å². The molecule has 0 atom stereocenters. The first kappa shape index (κ1) is 13.3. The molecule has 0 amide bonds. The molecule has 3 rings (SSSR count). The first-order valence-corrected chi connectivity index (χ1v) is 6.93. The fraction of sp³-hybridized carbons (Fsp3) is 0. The van der Waals surface area contributed by atoms with Gasteiger partial charge in [-0.2, -0.15) is 0 Å². The van der Waals surface area contributed by atoms with E-state index in [9.17, 15) is 4.39 Å². The smallest absolute Gasteiger partial charge is 0.124 e. The third kappa shape index (κ3) is 2.59. The van der Waals surface area contributed by atoms with Crippen LogP contribution < -0.4 is 5.32 Å². The molecule has 100 valence electrons. The van der Waals surface area contributed by atoms with Crippen molar-refractivity contribution in [3.8, 4) is 0 Å². The Morgan fingerprint density at radius 1 is 1.10 bits per heavy atom. The number of pyridine rings is 2. The SMILES string of the molecule is Fc1ccc(Nc2ccnc3cc(Br)cnc23)c(Cl)c1. The van der Waals surface area contributed by atoms with Crippen LogP contribution in [0.4, 0.5) is 15.8 Å². The lowest BCUT2D eigenvalue weighted by atomic mass is 10.2. The van der Waals surface area contributed by atoms with E-state index in [0.717, 1.165) is 21.2 Å². The van der Waals surface area contributed by atoms with Gasteiger partial charge in [-0.05, 0) is 46.3 Å². The zero-order valence-electron chi connectivity index (χ0n) is 10.1. The molecule has 3 nitrogen and oxygen atoms in total. The molecule has 0 radical (unpaired) electrons. The van der Waals surface area contributed by atoms with Crippen molar-refractivity contribution in [2.24, 2.45) is 0 Å². The summed E-state index contributed by atoms with van der Waals surface area (Å²) in [6.45, 7) is 0. The monoisotopic (exact) mass is 351 g/mol. The van der Waals surface area contributed by atoms with Gasteiger partial charge in [-0.25, -0.2) is 4.39 Å². The molecule has 6 heteroatoms. The lowest BCUT2D eigenvalue weighted by Crippen LogP contribution is -1.95. The molecular weight excluding hydrogens is 345 g/mol. The molecule has 0 unspecified atom stereocenters. The van der Waals surface area contributed by atoms with Gasteiger partial charge in [0.15, 0.2) is 0 Å². The van der Waals surface area contributed by atoms with Crippen molar-refractivity contribution in [1.82, 2.24) is 9.97 Å². The normalized spacial score (nSPS) is 10.8. The zero-order valence-corrected chi connectivity index (χ0v) is 12.4. The lowest BCUT2D eigenvalue weighted by Gasteiger charge is -2.10. The molecule has 0 bridgehead atoms. The maximum atomic E-state index is 13.0. The van der Waals surface area contributed by atoms with E-state index in [0.29, 0.717) is 10.7 Å². The standard InChI is InChI=1S/C14H8BrClFN3/c15-8-5-13-14(19-7-8)12(3-4-18-13)20-11-2-1-9(17)6-10(11)16/h1-7H,(H,18,20). The van der Waals surface area contributed by atoms with Crippen molar-refractivity contribution >= 4 is 49.9 Å². The van der Waals surface area contributed by atoms with Crippen molar-refractivity contribution in [1.29, 1.82) is 0 Å². The van der Waals surface area contributed by atoms with Crippen molar-refractivity contribution < 1.29 is 4.39 Å². The number of rotatable bonds is 2. The third-order valence-electron chi connectivity index (χ3n) is 2.74. The highest BCUT2D eigenvalue weighted by Gasteiger charge is 2.07. The second kappa shape index (κ2) is 5.34. The third-order valence-corrected chi connectivity index (χ3v) is 3.49. The summed E-state index contributed by atoms with van der Waals surface area (Å²) in [6.07, 6.45) is 3.37. The Labute approximate surface area is 127 Å². The second-order valence-corrected chi connectivity index (χ2v) is 5.45. The molecule has 0 aliphatic heterocycles. The maximum absolute atomic E-state index is 13.0. The largest absolute Gasteiger partial charge is 0.352 e. The van der Waals surface area contributed by atoms with E-state index < -0.39 is 0 Å². The number of benzene rings is 1. The highest BCUT2D eigenvalue weighted by atomic mass is 79.9. The van der Waals surface area contributed by atoms with Gasteiger partial charge in [-0.1, -0.05) is 11.6 Å². The molecule has 2 heterocycles. The summed E-state index contributed by atoms with van der Waals surface area (Å²) >= 11 is 9.37. The minimum atomic E-state index is -0.373. The van der Waals surface area contributed by atoms with E-state index in [1.165, 1.54) is 12.1 Å². The maximum Gasteiger partial charge on any atom is 0.124 e. The molecule has 0 spiro atoms. The predicted molar refractivity (Wildman–Crippen MR) is 81.9 cm³/mol. The molecule has 0 saturated carbocycles. The van der Waals surface area contributed by atoms with E-state index >= 15 is 0 Å². The Balaban J connectivity index is 2.06. The van der Waals surface area contributed by atoms with Crippen molar-refractivity contribution in [3.63, 3.8) is 0 Å². The van der Waals surface area contributed by atoms with Gasteiger partial charge in [0.2, 0.25) is 0 Å². The molecule has 1 N–H and O–H groups in total. The van der Waals surface area contributed by atoms with Crippen LogP contribution in [-0.4, -0.2) is 9.97 Å². The van der Waals surface area contributed by atoms with Gasteiger partial charge in [-0.15, -0.1) is 0 Å². The number of aromatic nitrogens is 2. The van der Waals surface area contributed by atoms with Crippen LogP contribution in [0.1, 0.15) is 0 Å². The summed E-state index contributed by atoms with van der Waals surface area (Å²) in [5.41, 5.74) is 2.85. The summed E-state index contributed by atoms with van der Waals surface area (Å²) < 4.78 is 13.9. The van der Waals surface area contributed by atoms with Gasteiger partial charge >= 0.3 is 0 Å². The topological polar surface area (TPSA) is 37.8 Å². The number of nitrogens with one attached hydrogen (secondary N) is 1. The van der Waals surface area contributed by atoms with Crippen LogP contribution in [-0.2, 0) is 0 Å². The van der Waals surface area contributed by atoms with Crippen molar-refractivity contribution in [3.05, 3.63) is 58.0 Å². The Bertz CT molecular complexity index is 794. The van der Waals surface area contributed by atoms with Crippen LogP contribution in [0.5, 0.6) is 0 Å². The van der Waals surface area contributed by atoms with Crippen LogP contribution in [0.3, 0.4) is 0 Å². The van der Waals surface area contributed by atoms with Crippen LogP contribution in [0.15, 0.2) is 47.2 Å². The predicted octanol–water partition coefficient (Wildman–Crippen LogP) is 4.93.